The largest absolute Gasteiger partial charge is 0.300 e. The molecule has 0 aliphatic carbocycles. The fourth-order valence-electron chi connectivity index (χ4n) is 3.23. The van der Waals surface area contributed by atoms with E-state index in [1.807, 2.05) is 48.6 Å². The number of hydrogen-bond acceptors (Lipinski definition) is 6. The number of thiocarbonyl (C=S) groups is 1. The van der Waals surface area contributed by atoms with E-state index in [1.54, 1.807) is 12.3 Å². The predicted molar refractivity (Wildman–Crippen MR) is 140 cm³/mol. The molecule has 33 heavy (non-hydrogen) atoms. The maximum absolute atomic E-state index is 12.7. The minimum atomic E-state index is -0.330. The first-order valence-corrected chi connectivity index (χ1v) is 12.3. The van der Waals surface area contributed by atoms with E-state index in [9.17, 15) is 9.59 Å². The quantitative estimate of drug-likeness (QED) is 0.352. The Kier molecular flexibility index (Phi) is 7.49. The van der Waals surface area contributed by atoms with Gasteiger partial charge in [-0.3, -0.25) is 14.5 Å². The Bertz CT molecular complexity index is 1250. The summed E-state index contributed by atoms with van der Waals surface area (Å²) in [6.45, 7) is 1.92. The van der Waals surface area contributed by atoms with E-state index in [1.165, 1.54) is 39.1 Å². The zero-order valence-corrected chi connectivity index (χ0v) is 20.3. The van der Waals surface area contributed by atoms with Crippen LogP contribution in [0.25, 0.3) is 6.08 Å². The fourth-order valence-corrected chi connectivity index (χ4v) is 5.30. The highest BCUT2D eigenvalue weighted by Gasteiger charge is 2.33. The smallest absolute Gasteiger partial charge is 0.266 e. The summed E-state index contributed by atoms with van der Waals surface area (Å²) in [5, 5.41) is 3.29. The van der Waals surface area contributed by atoms with Gasteiger partial charge in [-0.25, -0.2) is 4.98 Å². The maximum atomic E-state index is 12.7. The third-order valence-electron chi connectivity index (χ3n) is 4.77. The van der Waals surface area contributed by atoms with Crippen molar-refractivity contribution >= 4 is 62.7 Å². The molecule has 3 aromatic rings. The van der Waals surface area contributed by atoms with Gasteiger partial charge in [-0.2, -0.15) is 0 Å². The summed E-state index contributed by atoms with van der Waals surface area (Å²) in [6, 6.07) is 18.1. The van der Waals surface area contributed by atoms with E-state index in [0.717, 1.165) is 16.9 Å². The second-order valence-electron chi connectivity index (χ2n) is 7.41. The second kappa shape index (κ2) is 10.7. The van der Waals surface area contributed by atoms with Gasteiger partial charge in [-0.1, -0.05) is 96.3 Å². The lowest BCUT2D eigenvalue weighted by molar-refractivity contribution is -0.126. The summed E-state index contributed by atoms with van der Waals surface area (Å²) in [6.07, 6.45) is 7.97. The molecule has 2 aromatic carbocycles. The summed E-state index contributed by atoms with van der Waals surface area (Å²) in [7, 11) is 0. The van der Waals surface area contributed by atoms with Gasteiger partial charge in [0.25, 0.3) is 5.91 Å². The van der Waals surface area contributed by atoms with E-state index in [2.05, 4.69) is 35.4 Å². The van der Waals surface area contributed by atoms with Crippen LogP contribution in [0.3, 0.4) is 0 Å². The Morgan fingerprint density at radius 1 is 1.18 bits per heavy atom. The number of thioether (sulfide) groups is 1. The van der Waals surface area contributed by atoms with E-state index >= 15 is 0 Å². The molecule has 1 aliphatic rings. The highest BCUT2D eigenvalue weighted by molar-refractivity contribution is 8.26. The van der Waals surface area contributed by atoms with Crippen LogP contribution in [0, 0.1) is 6.92 Å². The predicted octanol–water partition coefficient (Wildman–Crippen LogP) is 5.44. The third-order valence-corrected chi connectivity index (χ3v) is 7.08. The number of benzene rings is 2. The maximum Gasteiger partial charge on any atom is 0.266 e. The van der Waals surface area contributed by atoms with E-state index < -0.39 is 0 Å². The Labute approximate surface area is 206 Å². The average Bonchev–Trinajstić information content (AvgIpc) is 3.33. The molecule has 0 spiro atoms. The Morgan fingerprint density at radius 2 is 2.00 bits per heavy atom. The number of allylic oxidation sites excluding steroid dienone is 2. The lowest BCUT2D eigenvalue weighted by Crippen LogP contribution is -2.36. The lowest BCUT2D eigenvalue weighted by Gasteiger charge is -2.13. The van der Waals surface area contributed by atoms with E-state index in [4.69, 9.17) is 12.2 Å². The Balaban J connectivity index is 1.33. The Morgan fingerprint density at radius 3 is 2.79 bits per heavy atom. The average molecular weight is 492 g/mol. The number of hydrogen-bond donors (Lipinski definition) is 1. The zero-order chi connectivity index (χ0) is 23.2. The van der Waals surface area contributed by atoms with Crippen molar-refractivity contribution < 1.29 is 9.59 Å². The van der Waals surface area contributed by atoms with Gasteiger partial charge in [0, 0.05) is 17.5 Å². The topological polar surface area (TPSA) is 62.3 Å². The molecule has 1 aliphatic heterocycles. The summed E-state index contributed by atoms with van der Waals surface area (Å²) >= 11 is 7.94. The monoisotopic (exact) mass is 491 g/mol. The number of carbonyl (C=O) groups is 2. The molecule has 1 fully saturated rings. The zero-order valence-electron chi connectivity index (χ0n) is 17.9. The second-order valence-corrected chi connectivity index (χ2v) is 10.2. The number of carbonyl (C=O) groups excluding carboxylic acids is 2. The summed E-state index contributed by atoms with van der Waals surface area (Å²) < 4.78 is 0.369. The van der Waals surface area contributed by atoms with Gasteiger partial charge in [0.1, 0.15) is 10.9 Å². The summed E-state index contributed by atoms with van der Waals surface area (Å²) in [5.41, 5.74) is 3.44. The molecule has 0 saturated carbocycles. The van der Waals surface area contributed by atoms with Crippen LogP contribution in [0.15, 0.2) is 77.9 Å². The molecule has 0 radical (unpaired) electrons. The van der Waals surface area contributed by atoms with Gasteiger partial charge >= 0.3 is 0 Å². The third kappa shape index (κ3) is 6.25. The van der Waals surface area contributed by atoms with Gasteiger partial charge in [-0.15, -0.1) is 11.3 Å². The van der Waals surface area contributed by atoms with Crippen LogP contribution < -0.4 is 5.32 Å². The van der Waals surface area contributed by atoms with E-state index in [-0.39, 0.29) is 18.4 Å². The number of amides is 2. The van der Waals surface area contributed by atoms with E-state index in [0.29, 0.717) is 14.4 Å². The molecular weight excluding hydrogens is 470 g/mol. The number of anilines is 1. The number of rotatable bonds is 7. The number of nitrogens with zero attached hydrogens (tertiary/aromatic N) is 2. The van der Waals surface area contributed by atoms with Crippen molar-refractivity contribution in [2.24, 2.45) is 0 Å². The molecule has 1 saturated heterocycles. The van der Waals surface area contributed by atoms with Crippen LogP contribution >= 0.6 is 35.3 Å². The molecule has 0 unspecified atom stereocenters. The van der Waals surface area contributed by atoms with Crippen molar-refractivity contribution in [2.75, 3.05) is 11.9 Å². The van der Waals surface area contributed by atoms with Crippen LogP contribution in [0.4, 0.5) is 5.13 Å². The van der Waals surface area contributed by atoms with Crippen LogP contribution in [-0.2, 0) is 16.0 Å². The molecule has 166 valence electrons. The van der Waals surface area contributed by atoms with Gasteiger partial charge in [-0.05, 0) is 24.1 Å². The highest BCUT2D eigenvalue weighted by atomic mass is 32.2. The molecule has 2 heterocycles. The molecule has 5 nitrogen and oxygen atoms in total. The van der Waals surface area contributed by atoms with Gasteiger partial charge < -0.3 is 5.32 Å². The van der Waals surface area contributed by atoms with Crippen molar-refractivity contribution in [1.29, 1.82) is 0 Å². The van der Waals surface area contributed by atoms with Gasteiger partial charge in [0.05, 0.1) is 4.91 Å². The van der Waals surface area contributed by atoms with Crippen molar-refractivity contribution in [2.45, 2.75) is 13.3 Å². The first-order chi connectivity index (χ1) is 16.0. The SMILES string of the molecule is Cc1cccc(Cc2cnc(NC(=O)CN3C(=O)/C(=C/C=C/c4ccccc4)SC3=S)s2)c1. The van der Waals surface area contributed by atoms with Crippen molar-refractivity contribution in [3.63, 3.8) is 0 Å². The number of aryl methyl sites for hydroxylation is 1. The van der Waals surface area contributed by atoms with Crippen LogP contribution in [-0.4, -0.2) is 32.6 Å². The van der Waals surface area contributed by atoms with Crippen LogP contribution in [0.2, 0.25) is 0 Å². The van der Waals surface area contributed by atoms with Gasteiger partial charge in [0.15, 0.2) is 5.13 Å². The minimum Gasteiger partial charge on any atom is -0.300 e. The lowest BCUT2D eigenvalue weighted by atomic mass is 10.1. The normalized spacial score (nSPS) is 15.1. The van der Waals surface area contributed by atoms with Crippen molar-refractivity contribution in [3.8, 4) is 0 Å². The highest BCUT2D eigenvalue weighted by Crippen LogP contribution is 2.31. The van der Waals surface area contributed by atoms with Crippen molar-refractivity contribution in [3.05, 3.63) is 99.4 Å². The summed E-state index contributed by atoms with van der Waals surface area (Å²) in [5.74, 6) is -0.596. The molecule has 0 bridgehead atoms. The molecule has 2 amide bonds. The molecule has 1 N–H and O–H groups in total. The fraction of sp³-hybridized carbons (Fsp3) is 0.120. The van der Waals surface area contributed by atoms with Crippen molar-refractivity contribution in [1.82, 2.24) is 9.88 Å². The van der Waals surface area contributed by atoms with Crippen LogP contribution in [0.5, 0.6) is 0 Å². The number of aromatic nitrogens is 1. The first kappa shape index (κ1) is 23.1. The first-order valence-electron chi connectivity index (χ1n) is 10.2. The van der Waals surface area contributed by atoms with Gasteiger partial charge in [0.2, 0.25) is 5.91 Å². The molecule has 4 rings (SSSR count). The minimum absolute atomic E-state index is 0.142. The molecular formula is C25H21N3O2S3. The number of nitrogens with one attached hydrogen (secondary N) is 1. The van der Waals surface area contributed by atoms with Crippen LogP contribution in [0.1, 0.15) is 21.6 Å². The summed E-state index contributed by atoms with van der Waals surface area (Å²) in [4.78, 5) is 32.4. The molecule has 8 heteroatoms. The Hall–Kier alpha value is -3.07. The number of thiazole rings is 1. The molecule has 1 aromatic heterocycles. The standard InChI is InChI=1S/C25H21N3O2S3/c1-17-7-5-11-19(13-17)14-20-15-26-24(32-20)27-22(29)16-28-23(30)21(33-25(28)31)12-6-10-18-8-3-2-4-9-18/h2-13,15H,14,16H2,1H3,(H,26,27,29)/b10-6+,21-12-. The molecule has 0 atom stereocenters.